The smallest absolute Gasteiger partial charge is 0.313 e. The zero-order chi connectivity index (χ0) is 20.6. The lowest BCUT2D eigenvalue weighted by molar-refractivity contribution is -0.142. The van der Waals surface area contributed by atoms with Gasteiger partial charge >= 0.3 is 5.97 Å². The number of ether oxygens (including phenoxy) is 1. The third kappa shape index (κ3) is 4.32. The third-order valence-electron chi connectivity index (χ3n) is 7.25. The Bertz CT molecular complexity index is 743. The molecular formula is C21H32N4O3S. The van der Waals surface area contributed by atoms with Crippen molar-refractivity contribution in [1.82, 2.24) is 20.1 Å². The molecule has 4 aliphatic carbocycles. The van der Waals surface area contributed by atoms with Gasteiger partial charge in [0.15, 0.2) is 5.16 Å². The molecule has 1 aromatic rings. The lowest BCUT2D eigenvalue weighted by atomic mass is 9.48. The summed E-state index contributed by atoms with van der Waals surface area (Å²) >= 11 is 1.36. The fourth-order valence-corrected chi connectivity index (χ4v) is 6.98. The van der Waals surface area contributed by atoms with Gasteiger partial charge in [-0.15, -0.1) is 10.2 Å². The predicted molar refractivity (Wildman–Crippen MR) is 110 cm³/mol. The molecule has 0 radical (unpaired) electrons. The largest absolute Gasteiger partial charge is 0.466 e. The van der Waals surface area contributed by atoms with Crippen LogP contribution < -0.4 is 5.32 Å². The molecule has 4 aliphatic rings. The van der Waals surface area contributed by atoms with E-state index >= 15 is 0 Å². The van der Waals surface area contributed by atoms with Crippen LogP contribution in [0.15, 0.2) is 5.16 Å². The average Bonchev–Trinajstić information content (AvgIpc) is 2.99. The molecule has 1 atom stereocenters. The topological polar surface area (TPSA) is 86.1 Å². The van der Waals surface area contributed by atoms with Gasteiger partial charge in [-0.2, -0.15) is 0 Å². The van der Waals surface area contributed by atoms with Crippen LogP contribution in [0.3, 0.4) is 0 Å². The van der Waals surface area contributed by atoms with Crippen molar-refractivity contribution in [2.24, 2.45) is 30.2 Å². The first kappa shape index (κ1) is 20.7. The van der Waals surface area contributed by atoms with Crippen LogP contribution in [0.5, 0.6) is 0 Å². The number of nitrogens with zero attached hydrogens (tertiary/aromatic N) is 3. The monoisotopic (exact) mass is 420 g/mol. The first-order valence-corrected chi connectivity index (χ1v) is 11.8. The van der Waals surface area contributed by atoms with Crippen molar-refractivity contribution < 1.29 is 14.3 Å². The summed E-state index contributed by atoms with van der Waals surface area (Å²) in [6.45, 7) is 4.33. The molecule has 8 heteroatoms. The van der Waals surface area contributed by atoms with Crippen molar-refractivity contribution in [2.45, 2.75) is 70.0 Å². The fraction of sp³-hybridized carbons (Fsp3) is 0.810. The lowest BCUT2D eigenvalue weighted by Crippen LogP contribution is -2.56. The summed E-state index contributed by atoms with van der Waals surface area (Å²) in [5.74, 6) is 3.23. The summed E-state index contributed by atoms with van der Waals surface area (Å²) in [5.41, 5.74) is 0.312. The molecule has 0 spiro atoms. The molecule has 7 nitrogen and oxygen atoms in total. The van der Waals surface area contributed by atoms with Crippen molar-refractivity contribution >= 4 is 23.6 Å². The van der Waals surface area contributed by atoms with Crippen LogP contribution in [0, 0.1) is 23.2 Å². The number of carbonyl (C=O) groups is 2. The standard InChI is InChI=1S/C21H32N4O3S/c1-4-28-19(27)8-17-23-24-20(25(17)3)29-12-18(26)22-13(2)21-9-14-5-15(10-21)7-16(6-14)11-21/h13-16H,4-12H2,1-3H3,(H,22,26)/t13-,14?,15?,16?,21?/m0/s1. The van der Waals surface area contributed by atoms with E-state index in [1.54, 1.807) is 11.5 Å². The van der Waals surface area contributed by atoms with Crippen molar-refractivity contribution in [1.29, 1.82) is 0 Å². The minimum Gasteiger partial charge on any atom is -0.466 e. The maximum Gasteiger partial charge on any atom is 0.313 e. The highest BCUT2D eigenvalue weighted by atomic mass is 32.2. The average molecular weight is 421 g/mol. The van der Waals surface area contributed by atoms with E-state index in [-0.39, 0.29) is 24.3 Å². The number of hydrogen-bond donors (Lipinski definition) is 1. The van der Waals surface area contributed by atoms with Gasteiger partial charge in [-0.1, -0.05) is 11.8 Å². The van der Waals surface area contributed by atoms with E-state index in [9.17, 15) is 9.59 Å². The van der Waals surface area contributed by atoms with Crippen LogP contribution in [-0.4, -0.2) is 45.0 Å². The number of hydrogen-bond acceptors (Lipinski definition) is 6. The summed E-state index contributed by atoms with van der Waals surface area (Å²) < 4.78 is 6.72. The zero-order valence-corrected chi connectivity index (χ0v) is 18.5. The van der Waals surface area contributed by atoms with E-state index in [0.29, 0.717) is 28.8 Å². The predicted octanol–water partition coefficient (Wildman–Crippen LogP) is 2.73. The van der Waals surface area contributed by atoms with Crippen LogP contribution >= 0.6 is 11.8 Å². The van der Waals surface area contributed by atoms with E-state index in [1.807, 2.05) is 7.05 Å². The van der Waals surface area contributed by atoms with E-state index in [1.165, 1.54) is 50.3 Å². The minimum atomic E-state index is -0.318. The molecule has 29 heavy (non-hydrogen) atoms. The zero-order valence-electron chi connectivity index (χ0n) is 17.6. The molecular weight excluding hydrogens is 388 g/mol. The fourth-order valence-electron chi connectivity index (χ4n) is 6.24. The van der Waals surface area contributed by atoms with Crippen LogP contribution in [0.2, 0.25) is 0 Å². The van der Waals surface area contributed by atoms with Crippen LogP contribution in [0.4, 0.5) is 0 Å². The molecule has 1 heterocycles. The Kier molecular flexibility index (Phi) is 5.91. The number of nitrogens with one attached hydrogen (secondary N) is 1. The molecule has 0 unspecified atom stereocenters. The van der Waals surface area contributed by atoms with E-state index < -0.39 is 0 Å². The molecule has 4 fully saturated rings. The Labute approximate surface area is 176 Å². The van der Waals surface area contributed by atoms with Gasteiger partial charge in [0, 0.05) is 13.1 Å². The quantitative estimate of drug-likeness (QED) is 0.514. The second kappa shape index (κ2) is 8.28. The van der Waals surface area contributed by atoms with Gasteiger partial charge in [0.2, 0.25) is 5.91 Å². The van der Waals surface area contributed by atoms with E-state index in [2.05, 4.69) is 22.4 Å². The molecule has 160 valence electrons. The number of aromatic nitrogens is 3. The molecule has 1 aromatic heterocycles. The van der Waals surface area contributed by atoms with Gasteiger partial charge in [0.05, 0.1) is 12.4 Å². The SMILES string of the molecule is CCOC(=O)Cc1nnc(SCC(=O)N[C@@H](C)C23CC4CC(CC(C4)C2)C3)n1C. The Hall–Kier alpha value is -1.57. The molecule has 0 aliphatic heterocycles. The van der Waals surface area contributed by atoms with Gasteiger partial charge in [-0.05, 0) is 75.5 Å². The Morgan fingerprint density at radius 1 is 1.21 bits per heavy atom. The summed E-state index contributed by atoms with van der Waals surface area (Å²) in [4.78, 5) is 24.3. The molecule has 4 saturated carbocycles. The Morgan fingerprint density at radius 2 is 1.83 bits per heavy atom. The van der Waals surface area contributed by atoms with Gasteiger partial charge < -0.3 is 14.6 Å². The minimum absolute atomic E-state index is 0.0492. The van der Waals surface area contributed by atoms with Crippen LogP contribution in [0.25, 0.3) is 0 Å². The van der Waals surface area contributed by atoms with Crippen LogP contribution in [0.1, 0.15) is 58.2 Å². The summed E-state index contributed by atoms with van der Waals surface area (Å²) in [5, 5.41) is 12.1. The van der Waals surface area contributed by atoms with Crippen molar-refractivity contribution in [2.75, 3.05) is 12.4 Å². The number of carbonyl (C=O) groups excluding carboxylic acids is 2. The van der Waals surface area contributed by atoms with Gasteiger partial charge in [0.1, 0.15) is 12.2 Å². The number of rotatable bonds is 8. The molecule has 1 N–H and O–H groups in total. The number of thioether (sulfide) groups is 1. The Balaban J connectivity index is 1.29. The van der Waals surface area contributed by atoms with E-state index in [0.717, 1.165) is 17.8 Å². The lowest BCUT2D eigenvalue weighted by Gasteiger charge is -2.59. The van der Waals surface area contributed by atoms with Crippen molar-refractivity contribution in [3.8, 4) is 0 Å². The molecule has 0 aromatic carbocycles. The number of esters is 1. The van der Waals surface area contributed by atoms with E-state index in [4.69, 9.17) is 4.74 Å². The highest BCUT2D eigenvalue weighted by molar-refractivity contribution is 7.99. The molecule has 1 amide bonds. The third-order valence-corrected chi connectivity index (χ3v) is 8.27. The maximum absolute atomic E-state index is 12.6. The first-order valence-electron chi connectivity index (χ1n) is 10.8. The highest BCUT2D eigenvalue weighted by Crippen LogP contribution is 2.61. The second-order valence-corrected chi connectivity index (χ2v) is 10.2. The normalized spacial score (nSPS) is 30.9. The highest BCUT2D eigenvalue weighted by Gasteiger charge is 2.53. The first-order chi connectivity index (χ1) is 13.9. The van der Waals surface area contributed by atoms with Gasteiger partial charge in [-0.3, -0.25) is 9.59 Å². The summed E-state index contributed by atoms with van der Waals surface area (Å²) in [6, 6.07) is 0.225. The Morgan fingerprint density at radius 3 is 2.41 bits per heavy atom. The second-order valence-electron chi connectivity index (χ2n) is 9.30. The summed E-state index contributed by atoms with van der Waals surface area (Å²) in [6.07, 6.45) is 8.19. The van der Waals surface area contributed by atoms with Crippen molar-refractivity contribution in [3.05, 3.63) is 5.82 Å². The van der Waals surface area contributed by atoms with Crippen LogP contribution in [-0.2, 0) is 27.8 Å². The molecule has 4 bridgehead atoms. The van der Waals surface area contributed by atoms with Gasteiger partial charge in [-0.25, -0.2) is 0 Å². The molecule has 0 saturated heterocycles. The van der Waals surface area contributed by atoms with Gasteiger partial charge in [0.25, 0.3) is 0 Å². The maximum atomic E-state index is 12.6. The molecule has 5 rings (SSSR count). The van der Waals surface area contributed by atoms with Crippen molar-refractivity contribution in [3.63, 3.8) is 0 Å². The summed E-state index contributed by atoms with van der Waals surface area (Å²) in [7, 11) is 1.81. The number of amides is 1.